The molecule has 0 unspecified atom stereocenters. The zero-order valence-electron chi connectivity index (χ0n) is 18.6. The molecule has 2 rings (SSSR count). The van der Waals surface area contributed by atoms with Crippen LogP contribution in [0.5, 0.6) is 11.5 Å². The first kappa shape index (κ1) is 22.8. The maximum absolute atomic E-state index is 12.2. The summed E-state index contributed by atoms with van der Waals surface area (Å²) in [6.07, 6.45) is 1.10. The van der Waals surface area contributed by atoms with Crippen molar-refractivity contribution in [1.29, 1.82) is 0 Å². The Morgan fingerprint density at radius 3 is 2.00 bits per heavy atom. The van der Waals surface area contributed by atoms with Gasteiger partial charge in [-0.3, -0.25) is 4.79 Å². The lowest BCUT2D eigenvalue weighted by molar-refractivity contribution is -0.129. The van der Waals surface area contributed by atoms with Crippen molar-refractivity contribution in [3.63, 3.8) is 0 Å². The second-order valence-electron chi connectivity index (χ2n) is 8.16. The van der Waals surface area contributed by atoms with Gasteiger partial charge < -0.3 is 14.4 Å². The van der Waals surface area contributed by atoms with E-state index in [9.17, 15) is 4.79 Å². The fraction of sp³-hybridized carbons (Fsp3) is 0.480. The van der Waals surface area contributed by atoms with Crippen molar-refractivity contribution in [2.75, 3.05) is 13.7 Å². The van der Waals surface area contributed by atoms with Gasteiger partial charge in [0, 0.05) is 20.0 Å². The molecule has 0 spiro atoms. The number of amides is 1. The average molecular weight is 398 g/mol. The van der Waals surface area contributed by atoms with Gasteiger partial charge >= 0.3 is 0 Å². The van der Waals surface area contributed by atoms with E-state index in [4.69, 9.17) is 9.47 Å². The van der Waals surface area contributed by atoms with Gasteiger partial charge in [-0.25, -0.2) is 0 Å². The molecule has 29 heavy (non-hydrogen) atoms. The van der Waals surface area contributed by atoms with Crippen LogP contribution in [0.2, 0.25) is 0 Å². The zero-order chi connectivity index (χ0) is 21.4. The van der Waals surface area contributed by atoms with Crippen LogP contribution < -0.4 is 9.47 Å². The molecule has 0 saturated carbocycles. The van der Waals surface area contributed by atoms with Crippen molar-refractivity contribution in [2.24, 2.45) is 5.92 Å². The first-order chi connectivity index (χ1) is 13.8. The standard InChI is InChI=1S/C25H35NO3/c1-18(2)25(22-9-13-24(14-10-22)29-19(3)4)15-16-26(20(5)27)17-21-7-11-23(28-6)12-8-21/h7-14,18-19,25H,15-17H2,1-6H3/t25-/m1/s1. The van der Waals surface area contributed by atoms with E-state index in [1.165, 1.54) is 5.56 Å². The molecular formula is C25H35NO3. The number of nitrogens with zero attached hydrogens (tertiary/aromatic N) is 1. The minimum absolute atomic E-state index is 0.101. The van der Waals surface area contributed by atoms with E-state index in [-0.39, 0.29) is 12.0 Å². The number of carbonyl (C=O) groups is 1. The van der Waals surface area contributed by atoms with Crippen molar-refractivity contribution >= 4 is 5.91 Å². The smallest absolute Gasteiger partial charge is 0.219 e. The second kappa shape index (κ2) is 10.9. The van der Waals surface area contributed by atoms with E-state index in [1.807, 2.05) is 55.1 Å². The van der Waals surface area contributed by atoms with Crippen LogP contribution >= 0.6 is 0 Å². The molecule has 0 aliphatic carbocycles. The molecule has 1 atom stereocenters. The molecular weight excluding hydrogens is 362 g/mol. The molecule has 4 nitrogen and oxygen atoms in total. The number of carbonyl (C=O) groups excluding carboxylic acids is 1. The molecule has 0 bridgehead atoms. The van der Waals surface area contributed by atoms with Crippen LogP contribution in [0, 0.1) is 5.92 Å². The fourth-order valence-corrected chi connectivity index (χ4v) is 3.54. The monoisotopic (exact) mass is 397 g/mol. The SMILES string of the molecule is COc1ccc(CN(CC[C@@H](c2ccc(OC(C)C)cc2)C(C)C)C(C)=O)cc1. The Balaban J connectivity index is 2.04. The summed E-state index contributed by atoms with van der Waals surface area (Å²) in [5.41, 5.74) is 2.40. The van der Waals surface area contributed by atoms with Crippen molar-refractivity contribution in [2.45, 2.75) is 59.6 Å². The minimum Gasteiger partial charge on any atom is -0.497 e. The molecule has 0 aliphatic rings. The van der Waals surface area contributed by atoms with Crippen LogP contribution in [0.25, 0.3) is 0 Å². The number of ether oxygens (including phenoxy) is 2. The Hall–Kier alpha value is -2.49. The molecule has 1 amide bonds. The maximum Gasteiger partial charge on any atom is 0.219 e. The third kappa shape index (κ3) is 7.12. The topological polar surface area (TPSA) is 38.8 Å². The summed E-state index contributed by atoms with van der Waals surface area (Å²) in [6, 6.07) is 16.3. The highest BCUT2D eigenvalue weighted by molar-refractivity contribution is 5.73. The van der Waals surface area contributed by atoms with E-state index >= 15 is 0 Å². The molecule has 2 aromatic carbocycles. The lowest BCUT2D eigenvalue weighted by Crippen LogP contribution is -2.30. The predicted octanol–water partition coefficient (Wildman–Crippen LogP) is 5.66. The zero-order valence-corrected chi connectivity index (χ0v) is 18.6. The third-order valence-corrected chi connectivity index (χ3v) is 5.17. The molecule has 0 saturated heterocycles. The summed E-state index contributed by atoms with van der Waals surface area (Å²) in [5, 5.41) is 0. The average Bonchev–Trinajstić information content (AvgIpc) is 2.68. The van der Waals surface area contributed by atoms with E-state index < -0.39 is 0 Å². The van der Waals surface area contributed by atoms with E-state index in [0.29, 0.717) is 18.4 Å². The number of rotatable bonds is 10. The van der Waals surface area contributed by atoms with Gasteiger partial charge in [0.1, 0.15) is 11.5 Å². The highest BCUT2D eigenvalue weighted by Crippen LogP contribution is 2.30. The van der Waals surface area contributed by atoms with Crippen LogP contribution in [0.15, 0.2) is 48.5 Å². The molecule has 0 fully saturated rings. The van der Waals surface area contributed by atoms with E-state index in [2.05, 4.69) is 26.0 Å². The number of benzene rings is 2. The minimum atomic E-state index is 0.101. The summed E-state index contributed by atoms with van der Waals surface area (Å²) >= 11 is 0. The lowest BCUT2D eigenvalue weighted by Gasteiger charge is -2.27. The Morgan fingerprint density at radius 1 is 0.931 bits per heavy atom. The highest BCUT2D eigenvalue weighted by Gasteiger charge is 2.19. The van der Waals surface area contributed by atoms with E-state index in [0.717, 1.165) is 30.0 Å². The van der Waals surface area contributed by atoms with Gasteiger partial charge in [-0.1, -0.05) is 38.1 Å². The summed E-state index contributed by atoms with van der Waals surface area (Å²) < 4.78 is 11.0. The lowest BCUT2D eigenvalue weighted by atomic mass is 9.85. The van der Waals surface area contributed by atoms with Gasteiger partial charge in [-0.15, -0.1) is 0 Å². The Bertz CT molecular complexity index is 751. The summed E-state index contributed by atoms with van der Waals surface area (Å²) in [7, 11) is 1.66. The summed E-state index contributed by atoms with van der Waals surface area (Å²) in [6.45, 7) is 11.5. The predicted molar refractivity (Wildman–Crippen MR) is 118 cm³/mol. The van der Waals surface area contributed by atoms with Crippen molar-refractivity contribution in [1.82, 2.24) is 4.90 Å². The molecule has 2 aromatic rings. The van der Waals surface area contributed by atoms with Gasteiger partial charge in [0.2, 0.25) is 5.91 Å². The van der Waals surface area contributed by atoms with Crippen LogP contribution in [0.1, 0.15) is 58.1 Å². The van der Waals surface area contributed by atoms with Gasteiger partial charge in [-0.2, -0.15) is 0 Å². The van der Waals surface area contributed by atoms with Gasteiger partial charge in [0.05, 0.1) is 13.2 Å². The van der Waals surface area contributed by atoms with Crippen molar-refractivity contribution in [3.8, 4) is 11.5 Å². The first-order valence-corrected chi connectivity index (χ1v) is 10.4. The number of hydrogen-bond acceptors (Lipinski definition) is 3. The number of methoxy groups -OCH3 is 1. The largest absolute Gasteiger partial charge is 0.497 e. The first-order valence-electron chi connectivity index (χ1n) is 10.4. The van der Waals surface area contributed by atoms with Crippen LogP contribution in [0.4, 0.5) is 0 Å². The van der Waals surface area contributed by atoms with E-state index in [1.54, 1.807) is 14.0 Å². The van der Waals surface area contributed by atoms with Crippen LogP contribution in [-0.4, -0.2) is 30.6 Å². The molecule has 0 N–H and O–H groups in total. The molecule has 0 aliphatic heterocycles. The molecule has 4 heteroatoms. The second-order valence-corrected chi connectivity index (χ2v) is 8.16. The van der Waals surface area contributed by atoms with Crippen LogP contribution in [-0.2, 0) is 11.3 Å². The van der Waals surface area contributed by atoms with Crippen LogP contribution in [0.3, 0.4) is 0 Å². The Morgan fingerprint density at radius 2 is 1.52 bits per heavy atom. The van der Waals surface area contributed by atoms with Crippen molar-refractivity contribution < 1.29 is 14.3 Å². The quantitative estimate of drug-likeness (QED) is 0.519. The highest BCUT2D eigenvalue weighted by atomic mass is 16.5. The van der Waals surface area contributed by atoms with Crippen molar-refractivity contribution in [3.05, 3.63) is 59.7 Å². The Labute approximate surface area is 175 Å². The third-order valence-electron chi connectivity index (χ3n) is 5.17. The molecule has 0 radical (unpaired) electrons. The summed E-state index contributed by atoms with van der Waals surface area (Å²) in [5.74, 6) is 2.70. The Kier molecular flexibility index (Phi) is 8.56. The normalized spacial score (nSPS) is 12.1. The van der Waals surface area contributed by atoms with Gasteiger partial charge in [0.15, 0.2) is 0 Å². The number of hydrogen-bond donors (Lipinski definition) is 0. The summed E-state index contributed by atoms with van der Waals surface area (Å²) in [4.78, 5) is 14.1. The maximum atomic E-state index is 12.2. The molecule has 0 heterocycles. The van der Waals surface area contributed by atoms with Gasteiger partial charge in [-0.05, 0) is 67.5 Å². The molecule has 158 valence electrons. The molecule has 0 aromatic heterocycles. The fourth-order valence-electron chi connectivity index (χ4n) is 3.54. The van der Waals surface area contributed by atoms with Gasteiger partial charge in [0.25, 0.3) is 0 Å².